The summed E-state index contributed by atoms with van der Waals surface area (Å²) in [4.78, 5) is 13.6. The molecule has 1 aliphatic heterocycles. The normalized spacial score (nSPS) is 18.0. The number of hydrogen-bond acceptors (Lipinski definition) is 3. The summed E-state index contributed by atoms with van der Waals surface area (Å²) in [7, 11) is 0. The Bertz CT molecular complexity index is 736. The fourth-order valence-electron chi connectivity index (χ4n) is 2.33. The Morgan fingerprint density at radius 3 is 2.77 bits per heavy atom. The first-order valence-corrected chi connectivity index (χ1v) is 8.15. The van der Waals surface area contributed by atoms with Crippen LogP contribution in [0.5, 0.6) is 5.75 Å². The first-order chi connectivity index (χ1) is 10.5. The Morgan fingerprint density at radius 1 is 1.27 bits per heavy atom. The molecule has 22 heavy (non-hydrogen) atoms. The van der Waals surface area contributed by atoms with Gasteiger partial charge in [0.15, 0.2) is 0 Å². The molecule has 1 unspecified atom stereocenters. The van der Waals surface area contributed by atoms with Crippen LogP contribution in [0.4, 0.5) is 10.1 Å². The van der Waals surface area contributed by atoms with E-state index in [2.05, 4.69) is 0 Å². The van der Waals surface area contributed by atoms with Crippen molar-refractivity contribution in [2.45, 2.75) is 5.37 Å². The standard InChI is InChI=1S/C15H10Cl2FNO2S/c16-8-4-5-12(20)11(6-8)19-13(21)7-22-15(19)14-9(17)2-1-3-10(14)18/h1-6,15,20H,7H2. The molecule has 0 saturated carbocycles. The fraction of sp³-hybridized carbons (Fsp3) is 0.133. The summed E-state index contributed by atoms with van der Waals surface area (Å²) in [6.45, 7) is 0. The van der Waals surface area contributed by atoms with Gasteiger partial charge in [-0.3, -0.25) is 9.69 Å². The third-order valence-corrected chi connectivity index (χ3v) is 5.05. The van der Waals surface area contributed by atoms with Crippen LogP contribution in [0.3, 0.4) is 0 Å². The van der Waals surface area contributed by atoms with Crippen LogP contribution >= 0.6 is 35.0 Å². The molecule has 0 aliphatic carbocycles. The molecule has 3 nitrogen and oxygen atoms in total. The molecule has 2 aromatic carbocycles. The number of benzene rings is 2. The number of phenolic OH excluding ortho intramolecular Hbond substituents is 1. The van der Waals surface area contributed by atoms with Crippen LogP contribution in [0, 0.1) is 5.82 Å². The third-order valence-electron chi connectivity index (χ3n) is 3.31. The van der Waals surface area contributed by atoms with Crippen molar-refractivity contribution in [2.24, 2.45) is 0 Å². The predicted octanol–water partition coefficient (Wildman–Crippen LogP) is 4.62. The van der Waals surface area contributed by atoms with Gasteiger partial charge in [-0.1, -0.05) is 29.3 Å². The molecule has 7 heteroatoms. The molecule has 1 aliphatic rings. The number of thioether (sulfide) groups is 1. The van der Waals surface area contributed by atoms with E-state index in [1.165, 1.54) is 47.0 Å². The van der Waals surface area contributed by atoms with Gasteiger partial charge in [0.1, 0.15) is 16.9 Å². The number of hydrogen-bond donors (Lipinski definition) is 1. The van der Waals surface area contributed by atoms with Crippen molar-refractivity contribution in [1.29, 1.82) is 0 Å². The first kappa shape index (κ1) is 15.5. The number of carbonyl (C=O) groups is 1. The summed E-state index contributed by atoms with van der Waals surface area (Å²) in [6, 6.07) is 8.75. The van der Waals surface area contributed by atoms with E-state index in [4.69, 9.17) is 23.2 Å². The van der Waals surface area contributed by atoms with Gasteiger partial charge in [0, 0.05) is 15.6 Å². The molecule has 1 fully saturated rings. The zero-order valence-electron chi connectivity index (χ0n) is 11.1. The number of amides is 1. The molecular weight excluding hydrogens is 348 g/mol. The lowest BCUT2D eigenvalue weighted by Crippen LogP contribution is -2.28. The average Bonchev–Trinajstić information content (AvgIpc) is 2.83. The van der Waals surface area contributed by atoms with Gasteiger partial charge < -0.3 is 5.11 Å². The van der Waals surface area contributed by atoms with Gasteiger partial charge in [0.2, 0.25) is 5.91 Å². The molecule has 3 rings (SSSR count). The molecule has 114 valence electrons. The van der Waals surface area contributed by atoms with Crippen LogP contribution in [0.1, 0.15) is 10.9 Å². The molecule has 1 N–H and O–H groups in total. The number of rotatable bonds is 2. The van der Waals surface area contributed by atoms with Crippen molar-refractivity contribution in [3.63, 3.8) is 0 Å². The second-order valence-corrected chi connectivity index (χ2v) is 6.61. The first-order valence-electron chi connectivity index (χ1n) is 6.35. The van der Waals surface area contributed by atoms with Crippen molar-refractivity contribution in [3.05, 3.63) is 57.8 Å². The van der Waals surface area contributed by atoms with E-state index in [-0.39, 0.29) is 33.7 Å². The molecule has 0 spiro atoms. The molecule has 1 saturated heterocycles. The largest absolute Gasteiger partial charge is 0.506 e. The van der Waals surface area contributed by atoms with E-state index in [0.717, 1.165) is 0 Å². The van der Waals surface area contributed by atoms with Gasteiger partial charge in [-0.25, -0.2) is 4.39 Å². The van der Waals surface area contributed by atoms with Gasteiger partial charge in [-0.2, -0.15) is 0 Å². The topological polar surface area (TPSA) is 40.5 Å². The van der Waals surface area contributed by atoms with Gasteiger partial charge in [0.25, 0.3) is 0 Å². The minimum Gasteiger partial charge on any atom is -0.506 e. The molecular formula is C15H10Cl2FNO2S. The zero-order chi connectivity index (χ0) is 15.9. The SMILES string of the molecule is O=C1CSC(c2c(F)cccc2Cl)N1c1cc(Cl)ccc1O. The lowest BCUT2D eigenvalue weighted by molar-refractivity contribution is -0.115. The van der Waals surface area contributed by atoms with Crippen molar-refractivity contribution < 1.29 is 14.3 Å². The summed E-state index contributed by atoms with van der Waals surface area (Å²) < 4.78 is 14.2. The van der Waals surface area contributed by atoms with Crippen LogP contribution in [-0.4, -0.2) is 16.8 Å². The number of aromatic hydroxyl groups is 1. The quantitative estimate of drug-likeness (QED) is 0.852. The Balaban J connectivity index is 2.12. The fourth-order valence-corrected chi connectivity index (χ4v) is 4.06. The number of phenols is 1. The number of halogens is 3. The highest BCUT2D eigenvalue weighted by molar-refractivity contribution is 8.00. The highest BCUT2D eigenvalue weighted by Crippen LogP contribution is 2.47. The van der Waals surface area contributed by atoms with Crippen molar-refractivity contribution in [3.8, 4) is 5.75 Å². The van der Waals surface area contributed by atoms with E-state index >= 15 is 0 Å². The number of anilines is 1. The van der Waals surface area contributed by atoms with Crippen molar-refractivity contribution in [2.75, 3.05) is 10.7 Å². The maximum Gasteiger partial charge on any atom is 0.238 e. The highest BCUT2D eigenvalue weighted by Gasteiger charge is 2.38. The highest BCUT2D eigenvalue weighted by atomic mass is 35.5. The molecule has 1 amide bonds. The van der Waals surface area contributed by atoms with Crippen molar-refractivity contribution in [1.82, 2.24) is 0 Å². The summed E-state index contributed by atoms with van der Waals surface area (Å²) in [6.07, 6.45) is 0. The van der Waals surface area contributed by atoms with Crippen LogP contribution in [-0.2, 0) is 4.79 Å². The van der Waals surface area contributed by atoms with Crippen LogP contribution in [0.2, 0.25) is 10.0 Å². The second kappa shape index (κ2) is 5.99. The van der Waals surface area contributed by atoms with Crippen LogP contribution in [0.25, 0.3) is 0 Å². The summed E-state index contributed by atoms with van der Waals surface area (Å²) in [5.41, 5.74) is 0.464. The van der Waals surface area contributed by atoms with Crippen molar-refractivity contribution >= 4 is 46.6 Å². The van der Waals surface area contributed by atoms with Gasteiger partial charge in [-0.05, 0) is 30.3 Å². The molecule has 0 bridgehead atoms. The van der Waals surface area contributed by atoms with Gasteiger partial charge in [-0.15, -0.1) is 11.8 Å². The summed E-state index contributed by atoms with van der Waals surface area (Å²) in [5.74, 6) is -0.669. The number of carbonyl (C=O) groups excluding carboxylic acids is 1. The smallest absolute Gasteiger partial charge is 0.238 e. The Hall–Kier alpha value is -1.43. The zero-order valence-corrected chi connectivity index (χ0v) is 13.4. The van der Waals surface area contributed by atoms with Crippen LogP contribution in [0.15, 0.2) is 36.4 Å². The van der Waals surface area contributed by atoms with Gasteiger partial charge >= 0.3 is 0 Å². The maximum atomic E-state index is 14.2. The predicted molar refractivity (Wildman–Crippen MR) is 87.2 cm³/mol. The summed E-state index contributed by atoms with van der Waals surface area (Å²) >= 11 is 13.3. The monoisotopic (exact) mass is 357 g/mol. The van der Waals surface area contributed by atoms with Crippen LogP contribution < -0.4 is 4.90 Å². The lowest BCUT2D eigenvalue weighted by Gasteiger charge is -2.26. The lowest BCUT2D eigenvalue weighted by atomic mass is 10.1. The van der Waals surface area contributed by atoms with E-state index in [1.807, 2.05) is 0 Å². The Morgan fingerprint density at radius 2 is 2.05 bits per heavy atom. The van der Waals surface area contributed by atoms with Gasteiger partial charge in [0.05, 0.1) is 11.4 Å². The molecule has 1 atom stereocenters. The molecule has 1 heterocycles. The molecule has 0 radical (unpaired) electrons. The minimum absolute atomic E-state index is 0.0993. The molecule has 2 aromatic rings. The van der Waals surface area contributed by atoms with E-state index in [1.54, 1.807) is 6.07 Å². The Kier molecular flexibility index (Phi) is 4.21. The third kappa shape index (κ3) is 2.64. The molecule has 0 aromatic heterocycles. The number of nitrogens with zero attached hydrogens (tertiary/aromatic N) is 1. The van der Waals surface area contributed by atoms with E-state index in [0.29, 0.717) is 5.02 Å². The Labute approximate surface area is 140 Å². The minimum atomic E-state index is -0.648. The second-order valence-electron chi connectivity index (χ2n) is 4.70. The van der Waals surface area contributed by atoms with E-state index < -0.39 is 11.2 Å². The average molecular weight is 358 g/mol. The van der Waals surface area contributed by atoms with E-state index in [9.17, 15) is 14.3 Å². The summed E-state index contributed by atoms with van der Waals surface area (Å²) in [5, 5.41) is 9.99. The maximum absolute atomic E-state index is 14.2.